The molecule has 3 aromatic rings. The van der Waals surface area contributed by atoms with Crippen LogP contribution in [0.3, 0.4) is 0 Å². The molecule has 8 heteroatoms. The highest BCUT2D eigenvalue weighted by molar-refractivity contribution is 7.86. The van der Waals surface area contributed by atoms with E-state index in [1.54, 1.807) is 0 Å². The molecule has 0 fully saturated rings. The van der Waals surface area contributed by atoms with Crippen LogP contribution in [0, 0.1) is 0 Å². The van der Waals surface area contributed by atoms with Crippen molar-refractivity contribution >= 4 is 21.9 Å². The van der Waals surface area contributed by atoms with Crippen LogP contribution in [0.1, 0.15) is 20.8 Å². The maximum atomic E-state index is 10.7. The Bertz CT molecular complexity index is 1090. The molecule has 3 nitrogen and oxygen atoms in total. The van der Waals surface area contributed by atoms with E-state index in [0.717, 1.165) is 0 Å². The first kappa shape index (κ1) is 25.0. The van der Waals surface area contributed by atoms with E-state index in [2.05, 4.69) is 99.6 Å². The molecule has 0 unspecified atom stereocenters. The number of rotatable bonds is 3. The fourth-order valence-corrected chi connectivity index (χ4v) is 4.01. The lowest BCUT2D eigenvalue weighted by molar-refractivity contribution is -0.0517. The van der Waals surface area contributed by atoms with Gasteiger partial charge in [0, 0.05) is 17.3 Å². The zero-order valence-electron chi connectivity index (χ0n) is 17.2. The maximum Gasteiger partial charge on any atom is 0.485 e. The van der Waals surface area contributed by atoms with Crippen molar-refractivity contribution in [1.82, 2.24) is 0 Å². The van der Waals surface area contributed by atoms with Crippen molar-refractivity contribution in [3.63, 3.8) is 0 Å². The molecule has 0 aliphatic carbocycles. The van der Waals surface area contributed by atoms with Crippen molar-refractivity contribution in [3.05, 3.63) is 78.9 Å². The van der Waals surface area contributed by atoms with Crippen molar-refractivity contribution in [2.45, 2.75) is 35.9 Å². The van der Waals surface area contributed by atoms with E-state index in [0.29, 0.717) is 0 Å². The maximum absolute atomic E-state index is 10.7. The van der Waals surface area contributed by atoms with Crippen LogP contribution in [0.15, 0.2) is 83.8 Å². The smallest absolute Gasteiger partial charge is 0.485 e. The Hall–Kier alpha value is -2.29. The zero-order valence-corrected chi connectivity index (χ0v) is 18.9. The van der Waals surface area contributed by atoms with E-state index in [1.807, 2.05) is 0 Å². The highest BCUT2D eigenvalue weighted by Crippen LogP contribution is 2.37. The molecular formula is C23H23F3O3S2. The third kappa shape index (κ3) is 7.41. The number of alkyl halides is 3. The number of hydrogen-bond donors (Lipinski definition) is 0. The largest absolute Gasteiger partial charge is 0.741 e. The number of halogens is 3. The van der Waals surface area contributed by atoms with E-state index in [4.69, 9.17) is 13.0 Å². The quantitative estimate of drug-likeness (QED) is 0.204. The van der Waals surface area contributed by atoms with Crippen LogP contribution in [0.2, 0.25) is 0 Å². The van der Waals surface area contributed by atoms with Crippen LogP contribution in [0.5, 0.6) is 0 Å². The summed E-state index contributed by atoms with van der Waals surface area (Å²) in [5.74, 6) is 0. The molecular weight excluding hydrogens is 445 g/mol. The topological polar surface area (TPSA) is 57.2 Å². The monoisotopic (exact) mass is 468 g/mol. The molecule has 31 heavy (non-hydrogen) atoms. The molecule has 0 atom stereocenters. The molecule has 166 valence electrons. The Kier molecular flexibility index (Phi) is 7.97. The van der Waals surface area contributed by atoms with Gasteiger partial charge in [-0.15, -0.1) is 0 Å². The first-order chi connectivity index (χ1) is 14.3. The summed E-state index contributed by atoms with van der Waals surface area (Å²) in [7, 11) is -6.09. The highest BCUT2D eigenvalue weighted by Gasteiger charge is 2.36. The summed E-state index contributed by atoms with van der Waals surface area (Å²) >= 11 is 1.36. The first-order valence-electron chi connectivity index (χ1n) is 9.28. The summed E-state index contributed by atoms with van der Waals surface area (Å²) in [5.41, 5.74) is -0.412. The molecule has 0 aromatic heterocycles. The predicted octanol–water partition coefficient (Wildman–Crippen LogP) is 6.04. The van der Waals surface area contributed by atoms with Gasteiger partial charge in [-0.1, -0.05) is 72.8 Å². The van der Waals surface area contributed by atoms with Gasteiger partial charge < -0.3 is 4.55 Å². The third-order valence-corrected chi connectivity index (χ3v) is 5.78. The van der Waals surface area contributed by atoms with E-state index in [-0.39, 0.29) is 4.75 Å². The summed E-state index contributed by atoms with van der Waals surface area (Å²) in [5, 5.41) is 0. The second-order valence-electron chi connectivity index (χ2n) is 7.61. The molecule has 0 radical (unpaired) electrons. The van der Waals surface area contributed by atoms with Gasteiger partial charge >= 0.3 is 5.51 Å². The van der Waals surface area contributed by atoms with Crippen molar-refractivity contribution in [3.8, 4) is 22.3 Å². The van der Waals surface area contributed by atoms with Crippen LogP contribution in [-0.4, -0.2) is 23.2 Å². The fourth-order valence-electron chi connectivity index (χ4n) is 2.76. The van der Waals surface area contributed by atoms with Gasteiger partial charge in [-0.25, -0.2) is 8.42 Å². The predicted molar refractivity (Wildman–Crippen MR) is 120 cm³/mol. The minimum atomic E-state index is -6.09. The van der Waals surface area contributed by atoms with Gasteiger partial charge in [-0.2, -0.15) is 13.2 Å². The van der Waals surface area contributed by atoms with Gasteiger partial charge in [0.2, 0.25) is 0 Å². The van der Waals surface area contributed by atoms with E-state index in [1.165, 1.54) is 38.9 Å². The highest BCUT2D eigenvalue weighted by atomic mass is 32.2. The van der Waals surface area contributed by atoms with Crippen molar-refractivity contribution in [2.24, 2.45) is 0 Å². The second kappa shape index (κ2) is 9.89. The van der Waals surface area contributed by atoms with Crippen LogP contribution < -0.4 is 0 Å². The number of benzene rings is 3. The van der Waals surface area contributed by atoms with E-state index >= 15 is 0 Å². The first-order valence-corrected chi connectivity index (χ1v) is 11.6. The minimum absolute atomic E-state index is 0.235. The minimum Gasteiger partial charge on any atom is -0.741 e. The van der Waals surface area contributed by atoms with Gasteiger partial charge in [0.1, 0.15) is 4.75 Å². The summed E-state index contributed by atoms with van der Waals surface area (Å²) in [6.07, 6.45) is 0. The Morgan fingerprint density at radius 1 is 0.742 bits per heavy atom. The molecule has 0 spiro atoms. The molecule has 0 amide bonds. The molecule has 0 heterocycles. The third-order valence-electron chi connectivity index (χ3n) is 3.93. The SMILES string of the molecule is CC(C)(C)[SH+]c1cccc(-c2ccccc2)c1-c1ccccc1.O=S(=O)([O-])C(F)(F)F. The Balaban J connectivity index is 0.000000366. The van der Waals surface area contributed by atoms with E-state index in [9.17, 15) is 13.2 Å². The van der Waals surface area contributed by atoms with E-state index < -0.39 is 15.6 Å². The molecule has 0 saturated heterocycles. The lowest BCUT2D eigenvalue weighted by atomic mass is 9.94. The molecule has 0 bridgehead atoms. The van der Waals surface area contributed by atoms with Gasteiger partial charge in [0.15, 0.2) is 15.0 Å². The molecule has 0 saturated carbocycles. The molecule has 0 aliphatic rings. The molecule has 3 aromatic carbocycles. The normalized spacial score (nSPS) is 12.1. The molecule has 0 aliphatic heterocycles. The lowest BCUT2D eigenvalue weighted by Gasteiger charge is -2.15. The van der Waals surface area contributed by atoms with Crippen molar-refractivity contribution in [2.75, 3.05) is 0 Å². The lowest BCUT2D eigenvalue weighted by Crippen LogP contribution is -2.21. The average Bonchev–Trinajstić information content (AvgIpc) is 2.67. The van der Waals surface area contributed by atoms with Crippen LogP contribution in [-0.2, 0) is 21.9 Å². The summed E-state index contributed by atoms with van der Waals surface area (Å²) in [6.45, 7) is 6.87. The van der Waals surface area contributed by atoms with Gasteiger partial charge in [-0.3, -0.25) is 0 Å². The zero-order chi connectivity index (χ0) is 23.3. The Morgan fingerprint density at radius 3 is 1.61 bits per heavy atom. The van der Waals surface area contributed by atoms with Crippen molar-refractivity contribution in [1.29, 1.82) is 0 Å². The van der Waals surface area contributed by atoms with Gasteiger partial charge in [0.25, 0.3) is 0 Å². The average molecular weight is 469 g/mol. The van der Waals surface area contributed by atoms with Crippen LogP contribution in [0.4, 0.5) is 13.2 Å². The molecule has 3 rings (SSSR count). The van der Waals surface area contributed by atoms with Crippen LogP contribution in [0.25, 0.3) is 22.3 Å². The number of thiol groups is 1. The van der Waals surface area contributed by atoms with Gasteiger partial charge in [-0.05, 0) is 43.5 Å². The summed E-state index contributed by atoms with van der Waals surface area (Å²) < 4.78 is 59.1. The van der Waals surface area contributed by atoms with Gasteiger partial charge in [0.05, 0.1) is 0 Å². The number of hydrogen-bond acceptors (Lipinski definition) is 3. The Labute approximate surface area is 185 Å². The summed E-state index contributed by atoms with van der Waals surface area (Å²) in [6, 6.07) is 28.1. The fraction of sp³-hybridized carbons (Fsp3) is 0.217. The standard InChI is InChI=1S/C22H22S.CHF3O3S/c1-22(2,3)23-20-16-10-15-19(17-11-6-4-7-12-17)21(20)18-13-8-5-9-14-18;2-1(3,4)8(5,6)7/h4-16H,1-3H3;(H,5,6,7). The molecule has 0 N–H and O–H groups in total. The van der Waals surface area contributed by atoms with Crippen LogP contribution >= 0.6 is 0 Å². The Morgan fingerprint density at radius 2 is 1.19 bits per heavy atom. The second-order valence-corrected chi connectivity index (χ2v) is 11.0. The van der Waals surface area contributed by atoms with Crippen molar-refractivity contribution < 1.29 is 26.1 Å². The summed E-state index contributed by atoms with van der Waals surface area (Å²) in [4.78, 5) is 1.39.